The number of nitrogens with zero attached hydrogens (tertiary/aromatic N) is 7. The maximum absolute atomic E-state index is 13.4. The molecule has 101 heavy (non-hydrogen) atoms. The highest BCUT2D eigenvalue weighted by Gasteiger charge is 2.28. The molecule has 3 amide bonds. The lowest BCUT2D eigenvalue weighted by atomic mass is 9.94. The Balaban J connectivity index is 0.000000177. The summed E-state index contributed by atoms with van der Waals surface area (Å²) in [5, 5.41) is 25.7. The number of ether oxygens (including phenoxy) is 3. The number of pyridine rings is 3. The minimum Gasteiger partial charge on any atom is -0.493 e. The van der Waals surface area contributed by atoms with Crippen LogP contribution < -0.4 is 30.2 Å². The fourth-order valence-corrected chi connectivity index (χ4v) is 11.7. The first-order valence-electron chi connectivity index (χ1n) is 32.1. The smallest absolute Gasteiger partial charge is 0.257 e. The van der Waals surface area contributed by atoms with Crippen molar-refractivity contribution in [3.05, 3.63) is 263 Å². The van der Waals surface area contributed by atoms with Gasteiger partial charge in [0.15, 0.2) is 28.8 Å². The zero-order valence-corrected chi connectivity index (χ0v) is 60.1. The molecule has 24 heteroatoms. The number of Topliss-reactive ketones (excluding diaryl/α,β-unsaturated/α-hetero) is 3. The lowest BCUT2D eigenvalue weighted by Gasteiger charge is -2.19. The number of rotatable bonds is 21. The average Bonchev–Trinajstić information content (AvgIpc) is 1.61. The van der Waals surface area contributed by atoms with Gasteiger partial charge in [-0.05, 0) is 119 Å². The minimum absolute atomic E-state index is 0.0813. The maximum Gasteiger partial charge on any atom is 0.257 e. The summed E-state index contributed by atoms with van der Waals surface area (Å²) in [7, 11) is 9.98. The third-order valence-electron chi connectivity index (χ3n) is 16.8. The molecule has 518 valence electrons. The van der Waals surface area contributed by atoms with Gasteiger partial charge >= 0.3 is 0 Å². The van der Waals surface area contributed by atoms with Crippen LogP contribution in [0.15, 0.2) is 180 Å². The van der Waals surface area contributed by atoms with Crippen molar-refractivity contribution in [1.82, 2.24) is 29.7 Å². The molecule has 0 unspecified atom stereocenters. The third-order valence-corrected chi connectivity index (χ3v) is 17.7. The predicted molar refractivity (Wildman–Crippen MR) is 398 cm³/mol. The van der Waals surface area contributed by atoms with Gasteiger partial charge in [-0.3, -0.25) is 44.6 Å². The number of benzene rings is 6. The molecule has 0 spiro atoms. The van der Waals surface area contributed by atoms with Gasteiger partial charge < -0.3 is 44.9 Å². The van der Waals surface area contributed by atoms with Crippen LogP contribution in [0.1, 0.15) is 119 Å². The molecule has 1 fully saturated rings. The highest BCUT2D eigenvalue weighted by molar-refractivity contribution is 9.10. The van der Waals surface area contributed by atoms with Gasteiger partial charge in [0.1, 0.15) is 35.0 Å². The second kappa shape index (κ2) is 34.7. The molecule has 2 aliphatic heterocycles. The Hall–Kier alpha value is -10.9. The van der Waals surface area contributed by atoms with E-state index >= 15 is 0 Å². The number of carbonyl (C=O) groups excluding carboxylic acids is 6. The normalized spacial score (nSPS) is 12.1. The van der Waals surface area contributed by atoms with Crippen LogP contribution in [-0.4, -0.2) is 151 Å². The molecule has 0 radical (unpaired) electrons. The molecular weight excluding hydrogens is 1390 g/mol. The van der Waals surface area contributed by atoms with Gasteiger partial charge in [0.25, 0.3) is 17.7 Å². The molecule has 11 rings (SSSR count). The van der Waals surface area contributed by atoms with Crippen LogP contribution in [0.5, 0.6) is 17.2 Å². The van der Waals surface area contributed by atoms with E-state index in [0.29, 0.717) is 95.2 Å². The van der Waals surface area contributed by atoms with Crippen molar-refractivity contribution in [2.45, 2.75) is 46.0 Å². The monoisotopic (exact) mass is 1460 g/mol. The fourth-order valence-electron chi connectivity index (χ4n) is 11.2. The van der Waals surface area contributed by atoms with Gasteiger partial charge in [-0.1, -0.05) is 120 Å². The van der Waals surface area contributed by atoms with Crippen LogP contribution >= 0.6 is 39.1 Å². The van der Waals surface area contributed by atoms with Crippen molar-refractivity contribution in [1.29, 1.82) is 10.8 Å². The van der Waals surface area contributed by atoms with E-state index in [1.165, 1.54) is 39.8 Å². The Morgan fingerprint density at radius 1 is 0.525 bits per heavy atom. The van der Waals surface area contributed by atoms with Crippen LogP contribution in [0.2, 0.25) is 10.0 Å². The topological polar surface area (TPSA) is 275 Å². The SMILES string of the molecule is COc1cc(C(=O)Nc2ccc(Br)cn2)c(CC(=O)c2ccc(C3=NCCN3C)cc2)c(OC)c1OC.Cc1cccc(C(=O)Nc2ccc(Cl)cn2)c1CC(=O)c1ccc(C(=N)N(C)C)cc1.Cc1cccc(C(=O)Nc2ccc(Cl)cn2)c1CC(=O)c1ccc(C(=N)N2CCCC2)cc1. The van der Waals surface area contributed by atoms with Crippen LogP contribution in [0.3, 0.4) is 0 Å². The molecule has 6 aromatic carbocycles. The van der Waals surface area contributed by atoms with E-state index in [9.17, 15) is 28.8 Å². The van der Waals surface area contributed by atoms with Crippen LogP contribution in [0.4, 0.5) is 17.5 Å². The number of methoxy groups -OCH3 is 3. The van der Waals surface area contributed by atoms with Crippen molar-refractivity contribution in [2.75, 3.05) is 84.6 Å². The standard InChI is InChI=1S/C27H27BrN4O5.C26H25ClN4O2.C24H23ClN4O2/c1-32-12-11-29-26(32)17-7-5-16(6-8-17)21(33)13-19-20(14-22(35-2)25(37-4)24(19)36-3)27(34)31-23-10-9-18(28)15-30-23;1-17-5-4-6-21(26(33)30-24-12-11-20(27)16-29-24)22(17)15-23(32)18-7-9-19(10-8-18)25(28)31-13-2-3-14-31;1-15-5-4-6-19(24(31)28-22-12-11-18(25)14-27-22)20(15)13-21(30)16-7-9-17(10-8-16)23(26)29(2)3/h5-10,14-15H,11-13H2,1-4H3,(H,30,31,34);4-12,16,28H,2-3,13-15H2,1H3,(H,29,30,33);4-12,14,26H,13H2,1-3H3,(H,27,28,31). The molecule has 21 nitrogen and oxygen atoms in total. The summed E-state index contributed by atoms with van der Waals surface area (Å²) in [6, 6.07) is 43.7. The van der Waals surface area contributed by atoms with E-state index in [1.807, 2.05) is 57.3 Å². The van der Waals surface area contributed by atoms with Crippen LogP contribution in [0, 0.1) is 24.7 Å². The number of amides is 3. The first-order chi connectivity index (χ1) is 48.5. The van der Waals surface area contributed by atoms with E-state index in [0.717, 1.165) is 77.1 Å². The molecular formula is C77H75BrCl2N12O9. The number of nitrogens with one attached hydrogen (secondary N) is 5. The van der Waals surface area contributed by atoms with E-state index in [4.69, 9.17) is 48.2 Å². The summed E-state index contributed by atoms with van der Waals surface area (Å²) in [4.78, 5) is 101. The van der Waals surface area contributed by atoms with Gasteiger partial charge in [-0.2, -0.15) is 0 Å². The largest absolute Gasteiger partial charge is 0.493 e. The molecule has 9 aromatic rings. The summed E-state index contributed by atoms with van der Waals surface area (Å²) in [6.45, 7) is 7.20. The Bertz CT molecular complexity index is 4570. The number of likely N-dealkylation sites (tertiary alicyclic amines) is 1. The summed E-state index contributed by atoms with van der Waals surface area (Å²) in [5.74, 6) is 2.25. The van der Waals surface area contributed by atoms with Crippen molar-refractivity contribution >= 4 is 109 Å². The van der Waals surface area contributed by atoms with Gasteiger partial charge in [0.05, 0.1) is 43.5 Å². The van der Waals surface area contributed by atoms with Gasteiger partial charge in [0, 0.05) is 133 Å². The quantitative estimate of drug-likeness (QED) is 0.0254. The number of likely N-dealkylation sites (N-methyl/N-ethyl adjacent to an activating group) is 1. The van der Waals surface area contributed by atoms with Crippen molar-refractivity contribution < 1.29 is 43.0 Å². The summed E-state index contributed by atoms with van der Waals surface area (Å²) in [5.41, 5.74) is 8.61. The molecule has 3 aromatic heterocycles. The van der Waals surface area contributed by atoms with E-state index < -0.39 is 5.91 Å². The Kier molecular flexibility index (Phi) is 25.5. The molecule has 0 aliphatic carbocycles. The number of carbonyl (C=O) groups is 6. The van der Waals surface area contributed by atoms with Crippen LogP contribution in [0.25, 0.3) is 0 Å². The maximum atomic E-state index is 13.4. The zero-order chi connectivity index (χ0) is 72.4. The third kappa shape index (κ3) is 19.1. The van der Waals surface area contributed by atoms with Gasteiger partial charge in [0.2, 0.25) is 5.75 Å². The molecule has 0 bridgehead atoms. The van der Waals surface area contributed by atoms with Crippen LogP contribution in [-0.2, 0) is 19.3 Å². The Labute approximate surface area is 604 Å². The number of hydrogen-bond acceptors (Lipinski definition) is 16. The zero-order valence-electron chi connectivity index (χ0n) is 57.0. The Morgan fingerprint density at radius 3 is 1.38 bits per heavy atom. The predicted octanol–water partition coefficient (Wildman–Crippen LogP) is 14.0. The number of aliphatic imine (C=N–C) groups is 1. The van der Waals surface area contributed by atoms with Crippen molar-refractivity contribution in [2.24, 2.45) is 4.99 Å². The average molecular weight is 1460 g/mol. The highest BCUT2D eigenvalue weighted by atomic mass is 79.9. The molecule has 0 saturated carbocycles. The number of hydrogen-bond donors (Lipinski definition) is 5. The second-order valence-electron chi connectivity index (χ2n) is 23.8. The number of anilines is 3. The summed E-state index contributed by atoms with van der Waals surface area (Å²) in [6.07, 6.45) is 6.82. The van der Waals surface area contributed by atoms with E-state index in [2.05, 4.69) is 61.6 Å². The second-order valence-corrected chi connectivity index (χ2v) is 25.6. The molecule has 0 atom stereocenters. The van der Waals surface area contributed by atoms with E-state index in [1.54, 1.807) is 134 Å². The van der Waals surface area contributed by atoms with Crippen molar-refractivity contribution in [3.63, 3.8) is 0 Å². The van der Waals surface area contributed by atoms with E-state index in [-0.39, 0.29) is 59.7 Å². The molecule has 2 aliphatic rings. The number of halogens is 3. The lowest BCUT2D eigenvalue weighted by molar-refractivity contribution is 0.0979. The number of ketones is 3. The lowest BCUT2D eigenvalue weighted by Crippen LogP contribution is -2.27. The van der Waals surface area contributed by atoms with Gasteiger partial charge in [-0.25, -0.2) is 15.0 Å². The summed E-state index contributed by atoms with van der Waals surface area (Å²) >= 11 is 15.0. The Morgan fingerprint density at radius 2 is 0.960 bits per heavy atom. The fraction of sp³-hybridized carbons (Fsp3) is 0.221. The molecule has 1 saturated heterocycles. The minimum atomic E-state index is -0.463. The first-order valence-corrected chi connectivity index (χ1v) is 33.6. The first kappa shape index (κ1) is 74.3. The van der Waals surface area contributed by atoms with Gasteiger partial charge in [-0.15, -0.1) is 0 Å². The highest BCUT2D eigenvalue weighted by Crippen LogP contribution is 2.43. The number of aromatic nitrogens is 3. The molecule has 5 N–H and O–H groups in total. The number of amidine groups is 3. The molecule has 5 heterocycles. The summed E-state index contributed by atoms with van der Waals surface area (Å²) < 4.78 is 17.4. The van der Waals surface area contributed by atoms with Crippen molar-refractivity contribution in [3.8, 4) is 17.2 Å². The number of aryl methyl sites for hydroxylation is 2.